The Labute approximate surface area is 91.3 Å². The third kappa shape index (κ3) is 2.22. The van der Waals surface area contributed by atoms with E-state index in [2.05, 4.69) is 23.7 Å². The highest BCUT2D eigenvalue weighted by Crippen LogP contribution is 2.25. The van der Waals surface area contributed by atoms with E-state index in [4.69, 9.17) is 5.73 Å². The van der Waals surface area contributed by atoms with Gasteiger partial charge in [-0.2, -0.15) is 0 Å². The van der Waals surface area contributed by atoms with E-state index in [0.29, 0.717) is 5.82 Å². The topological polar surface area (TPSA) is 42.1 Å². The summed E-state index contributed by atoms with van der Waals surface area (Å²) in [7, 11) is 0. The van der Waals surface area contributed by atoms with Crippen molar-refractivity contribution in [3.63, 3.8) is 0 Å². The first-order chi connectivity index (χ1) is 7.16. The van der Waals surface area contributed by atoms with Gasteiger partial charge in [-0.15, -0.1) is 0 Å². The molecule has 3 nitrogen and oxygen atoms in total. The van der Waals surface area contributed by atoms with Crippen molar-refractivity contribution in [2.75, 3.05) is 23.7 Å². The number of aromatic nitrogens is 1. The number of aryl methyl sites for hydroxylation is 1. The third-order valence-corrected chi connectivity index (χ3v) is 3.10. The van der Waals surface area contributed by atoms with Gasteiger partial charge in [-0.1, -0.05) is 6.92 Å². The van der Waals surface area contributed by atoms with E-state index in [1.807, 2.05) is 12.3 Å². The molecule has 0 bridgehead atoms. The molecule has 82 valence electrons. The van der Waals surface area contributed by atoms with E-state index >= 15 is 0 Å². The van der Waals surface area contributed by atoms with Gasteiger partial charge in [-0.3, -0.25) is 0 Å². The van der Waals surface area contributed by atoms with Crippen LogP contribution in [0, 0.1) is 12.8 Å². The smallest absolute Gasteiger partial charge is 0.123 e. The summed E-state index contributed by atoms with van der Waals surface area (Å²) in [6.45, 7) is 6.71. The Morgan fingerprint density at radius 2 is 2.33 bits per heavy atom. The van der Waals surface area contributed by atoms with E-state index in [-0.39, 0.29) is 0 Å². The number of anilines is 2. The molecule has 1 aromatic heterocycles. The average molecular weight is 205 g/mol. The molecule has 2 rings (SSSR count). The first kappa shape index (κ1) is 10.3. The van der Waals surface area contributed by atoms with Gasteiger partial charge in [0.2, 0.25) is 0 Å². The molecule has 1 fully saturated rings. The Bertz CT molecular complexity index is 349. The molecule has 1 atom stereocenters. The minimum Gasteiger partial charge on any atom is -0.384 e. The van der Waals surface area contributed by atoms with Gasteiger partial charge in [0.1, 0.15) is 5.82 Å². The van der Waals surface area contributed by atoms with Crippen LogP contribution < -0.4 is 10.6 Å². The zero-order valence-electron chi connectivity index (χ0n) is 9.53. The predicted molar refractivity (Wildman–Crippen MR) is 64.0 cm³/mol. The molecule has 0 radical (unpaired) electrons. The van der Waals surface area contributed by atoms with Crippen molar-refractivity contribution in [3.8, 4) is 0 Å². The average Bonchev–Trinajstić information content (AvgIpc) is 2.17. The van der Waals surface area contributed by atoms with Crippen LogP contribution >= 0.6 is 0 Å². The molecule has 0 spiro atoms. The number of hydrogen-bond acceptors (Lipinski definition) is 3. The van der Waals surface area contributed by atoms with Crippen LogP contribution in [-0.4, -0.2) is 18.1 Å². The maximum atomic E-state index is 5.65. The van der Waals surface area contributed by atoms with Crippen LogP contribution in [0.1, 0.15) is 25.3 Å². The molecule has 0 aromatic carbocycles. The molecule has 1 saturated heterocycles. The van der Waals surface area contributed by atoms with E-state index in [0.717, 1.165) is 19.0 Å². The highest BCUT2D eigenvalue weighted by Gasteiger charge is 2.18. The van der Waals surface area contributed by atoms with Gasteiger partial charge in [0.15, 0.2) is 0 Å². The maximum absolute atomic E-state index is 5.65. The van der Waals surface area contributed by atoms with Gasteiger partial charge < -0.3 is 10.6 Å². The summed E-state index contributed by atoms with van der Waals surface area (Å²) in [5.41, 5.74) is 8.13. The van der Waals surface area contributed by atoms with Crippen molar-refractivity contribution in [1.29, 1.82) is 0 Å². The van der Waals surface area contributed by atoms with Crippen LogP contribution in [0.3, 0.4) is 0 Å². The predicted octanol–water partition coefficient (Wildman–Crippen LogP) is 2.21. The highest BCUT2D eigenvalue weighted by molar-refractivity contribution is 5.55. The van der Waals surface area contributed by atoms with Crippen LogP contribution in [0.25, 0.3) is 0 Å². The van der Waals surface area contributed by atoms with Crippen molar-refractivity contribution in [3.05, 3.63) is 17.8 Å². The molecular weight excluding hydrogens is 186 g/mol. The Balaban J connectivity index is 2.21. The minimum absolute atomic E-state index is 0.612. The minimum atomic E-state index is 0.612. The van der Waals surface area contributed by atoms with Gasteiger partial charge in [-0.05, 0) is 37.3 Å². The molecular formula is C12H19N3. The Morgan fingerprint density at radius 1 is 1.53 bits per heavy atom. The molecule has 1 aliphatic rings. The Kier molecular flexibility index (Phi) is 2.80. The Hall–Kier alpha value is -1.25. The zero-order chi connectivity index (χ0) is 10.8. The second kappa shape index (κ2) is 4.09. The summed E-state index contributed by atoms with van der Waals surface area (Å²) in [6, 6.07) is 1.95. The number of pyridine rings is 1. The molecule has 0 saturated carbocycles. The van der Waals surface area contributed by atoms with Crippen molar-refractivity contribution in [2.45, 2.75) is 26.7 Å². The van der Waals surface area contributed by atoms with Gasteiger partial charge >= 0.3 is 0 Å². The number of nitrogens with two attached hydrogens (primary N) is 1. The van der Waals surface area contributed by atoms with Gasteiger partial charge in [-0.25, -0.2) is 4.98 Å². The van der Waals surface area contributed by atoms with Crippen LogP contribution in [0.15, 0.2) is 12.3 Å². The summed E-state index contributed by atoms with van der Waals surface area (Å²) < 4.78 is 0. The molecule has 15 heavy (non-hydrogen) atoms. The first-order valence-electron chi connectivity index (χ1n) is 5.64. The second-order valence-corrected chi connectivity index (χ2v) is 4.59. The first-order valence-corrected chi connectivity index (χ1v) is 5.64. The van der Waals surface area contributed by atoms with Gasteiger partial charge in [0.25, 0.3) is 0 Å². The zero-order valence-corrected chi connectivity index (χ0v) is 9.53. The van der Waals surface area contributed by atoms with E-state index < -0.39 is 0 Å². The largest absolute Gasteiger partial charge is 0.384 e. The van der Waals surface area contributed by atoms with Crippen molar-refractivity contribution in [2.24, 2.45) is 5.92 Å². The molecule has 0 amide bonds. The van der Waals surface area contributed by atoms with E-state index in [9.17, 15) is 0 Å². The fourth-order valence-corrected chi connectivity index (χ4v) is 2.31. The van der Waals surface area contributed by atoms with Crippen molar-refractivity contribution >= 4 is 11.5 Å². The fourth-order valence-electron chi connectivity index (χ4n) is 2.31. The molecule has 1 aromatic rings. The number of piperidine rings is 1. The lowest BCUT2D eigenvalue weighted by Crippen LogP contribution is -2.34. The summed E-state index contributed by atoms with van der Waals surface area (Å²) in [5, 5.41) is 0. The number of rotatable bonds is 1. The monoisotopic (exact) mass is 205 g/mol. The Morgan fingerprint density at radius 3 is 3.00 bits per heavy atom. The summed E-state index contributed by atoms with van der Waals surface area (Å²) in [5.74, 6) is 1.40. The standard InChI is InChI=1S/C12H19N3/c1-9-4-3-5-15(8-9)11-7-14-12(13)6-10(11)2/h6-7,9H,3-5,8H2,1-2H3,(H2,13,14). The van der Waals surface area contributed by atoms with Crippen molar-refractivity contribution < 1.29 is 0 Å². The molecule has 3 heteroatoms. The van der Waals surface area contributed by atoms with Gasteiger partial charge in [0, 0.05) is 13.1 Å². The van der Waals surface area contributed by atoms with E-state index in [1.54, 1.807) is 0 Å². The lowest BCUT2D eigenvalue weighted by Gasteiger charge is -2.33. The second-order valence-electron chi connectivity index (χ2n) is 4.59. The normalized spacial score (nSPS) is 21.7. The van der Waals surface area contributed by atoms with Gasteiger partial charge in [0.05, 0.1) is 11.9 Å². The molecule has 2 N–H and O–H groups in total. The lowest BCUT2D eigenvalue weighted by atomic mass is 9.99. The molecule has 1 unspecified atom stereocenters. The number of nitrogen functional groups attached to an aromatic ring is 1. The van der Waals surface area contributed by atoms with Crippen LogP contribution in [0.4, 0.5) is 11.5 Å². The van der Waals surface area contributed by atoms with Crippen molar-refractivity contribution in [1.82, 2.24) is 4.98 Å². The fraction of sp³-hybridized carbons (Fsp3) is 0.583. The van der Waals surface area contributed by atoms with Crippen LogP contribution in [0.2, 0.25) is 0 Å². The number of nitrogens with zero attached hydrogens (tertiary/aromatic N) is 2. The van der Waals surface area contributed by atoms with Crippen LogP contribution in [-0.2, 0) is 0 Å². The molecule has 1 aliphatic heterocycles. The molecule has 0 aliphatic carbocycles. The summed E-state index contributed by atoms with van der Waals surface area (Å²) in [6.07, 6.45) is 4.53. The van der Waals surface area contributed by atoms with E-state index in [1.165, 1.54) is 24.1 Å². The SMILES string of the molecule is Cc1cc(N)ncc1N1CCCC(C)C1. The summed E-state index contributed by atoms with van der Waals surface area (Å²) >= 11 is 0. The third-order valence-electron chi connectivity index (χ3n) is 3.10. The lowest BCUT2D eigenvalue weighted by molar-refractivity contribution is 0.446. The quantitative estimate of drug-likeness (QED) is 0.764. The summed E-state index contributed by atoms with van der Waals surface area (Å²) in [4.78, 5) is 6.60. The van der Waals surface area contributed by atoms with Crippen LogP contribution in [0.5, 0.6) is 0 Å². The number of hydrogen-bond donors (Lipinski definition) is 1. The highest BCUT2D eigenvalue weighted by atomic mass is 15.1. The maximum Gasteiger partial charge on any atom is 0.123 e. The molecule has 2 heterocycles.